The number of hydrogen-bond donors (Lipinski definition) is 1. The van der Waals surface area contributed by atoms with Crippen molar-refractivity contribution in [3.8, 4) is 0 Å². The maximum absolute atomic E-state index is 10.6. The Labute approximate surface area is 55.2 Å². The summed E-state index contributed by atoms with van der Waals surface area (Å²) < 4.78 is 0. The van der Waals surface area contributed by atoms with E-state index in [1.54, 1.807) is 0 Å². The number of hydrogen-bond acceptors (Lipinski definition) is 2. The zero-order valence-electron chi connectivity index (χ0n) is 5.68. The summed E-state index contributed by atoms with van der Waals surface area (Å²) in [6.45, 7) is 5.14. The third-order valence-electron chi connectivity index (χ3n) is 0.930. The first-order valence-corrected chi connectivity index (χ1v) is 3.05. The van der Waals surface area contributed by atoms with Gasteiger partial charge in [-0.05, 0) is 6.42 Å². The van der Waals surface area contributed by atoms with E-state index in [0.717, 1.165) is 6.42 Å². The van der Waals surface area contributed by atoms with Gasteiger partial charge in [-0.25, -0.2) is 0 Å². The highest BCUT2D eigenvalue weighted by Crippen LogP contribution is 1.98. The predicted molar refractivity (Wildman–Crippen MR) is 36.3 cm³/mol. The molecule has 0 saturated heterocycles. The van der Waals surface area contributed by atoms with Crippen LogP contribution in [0.3, 0.4) is 0 Å². The quantitative estimate of drug-likeness (QED) is 0.586. The number of rotatable bonds is 4. The summed E-state index contributed by atoms with van der Waals surface area (Å²) in [6, 6.07) is 0. The van der Waals surface area contributed by atoms with Gasteiger partial charge in [0.25, 0.3) is 0 Å². The SMILES string of the molecule is C=C(O)CC(=O)CCC. The second kappa shape index (κ2) is 4.13. The summed E-state index contributed by atoms with van der Waals surface area (Å²) in [5, 5.41) is 8.53. The predicted octanol–water partition coefficient (Wildman–Crippen LogP) is 1.82. The van der Waals surface area contributed by atoms with Crippen LogP contribution >= 0.6 is 0 Å². The van der Waals surface area contributed by atoms with Crippen molar-refractivity contribution in [1.29, 1.82) is 0 Å². The Kier molecular flexibility index (Phi) is 3.76. The molecule has 0 aromatic heterocycles. The minimum Gasteiger partial charge on any atom is -0.512 e. The van der Waals surface area contributed by atoms with Crippen LogP contribution in [0.15, 0.2) is 12.3 Å². The van der Waals surface area contributed by atoms with Crippen molar-refractivity contribution in [2.24, 2.45) is 0 Å². The first-order chi connectivity index (χ1) is 4.16. The Bertz CT molecular complexity index is 116. The Hall–Kier alpha value is -0.790. The van der Waals surface area contributed by atoms with Crippen LogP contribution in [0.25, 0.3) is 0 Å². The summed E-state index contributed by atoms with van der Waals surface area (Å²) in [5.74, 6) is 0.0263. The van der Waals surface area contributed by atoms with Crippen molar-refractivity contribution in [3.63, 3.8) is 0 Å². The topological polar surface area (TPSA) is 37.3 Å². The van der Waals surface area contributed by atoms with Gasteiger partial charge in [-0.3, -0.25) is 4.79 Å². The Morgan fingerprint density at radius 2 is 2.22 bits per heavy atom. The highest BCUT2D eigenvalue weighted by atomic mass is 16.3. The lowest BCUT2D eigenvalue weighted by Gasteiger charge is -1.94. The number of allylic oxidation sites excluding steroid dienone is 1. The molecule has 0 aromatic rings. The normalized spacial score (nSPS) is 9.00. The van der Waals surface area contributed by atoms with Crippen molar-refractivity contribution < 1.29 is 9.90 Å². The lowest BCUT2D eigenvalue weighted by Crippen LogP contribution is -1.97. The fourth-order valence-electron chi connectivity index (χ4n) is 0.595. The van der Waals surface area contributed by atoms with E-state index in [1.165, 1.54) is 0 Å². The van der Waals surface area contributed by atoms with E-state index < -0.39 is 0 Å². The monoisotopic (exact) mass is 128 g/mol. The molecule has 0 aromatic carbocycles. The highest BCUT2D eigenvalue weighted by Gasteiger charge is 1.99. The maximum Gasteiger partial charge on any atom is 0.140 e. The largest absolute Gasteiger partial charge is 0.512 e. The van der Waals surface area contributed by atoms with Gasteiger partial charge in [0.15, 0.2) is 0 Å². The number of carbonyl (C=O) groups is 1. The maximum atomic E-state index is 10.6. The summed E-state index contributed by atoms with van der Waals surface area (Å²) in [7, 11) is 0. The minimum atomic E-state index is -0.0338. The van der Waals surface area contributed by atoms with Gasteiger partial charge in [-0.2, -0.15) is 0 Å². The molecule has 0 unspecified atom stereocenters. The van der Waals surface area contributed by atoms with Crippen LogP contribution < -0.4 is 0 Å². The average molecular weight is 128 g/mol. The zero-order chi connectivity index (χ0) is 7.28. The molecule has 2 heteroatoms. The van der Waals surface area contributed by atoms with Gasteiger partial charge in [-0.15, -0.1) is 0 Å². The van der Waals surface area contributed by atoms with E-state index in [-0.39, 0.29) is 18.0 Å². The van der Waals surface area contributed by atoms with Gasteiger partial charge >= 0.3 is 0 Å². The van der Waals surface area contributed by atoms with Gasteiger partial charge in [0, 0.05) is 6.42 Å². The van der Waals surface area contributed by atoms with Gasteiger partial charge in [-0.1, -0.05) is 13.5 Å². The summed E-state index contributed by atoms with van der Waals surface area (Å²) >= 11 is 0. The lowest BCUT2D eigenvalue weighted by molar-refractivity contribution is -0.118. The van der Waals surface area contributed by atoms with Gasteiger partial charge < -0.3 is 5.11 Å². The molecule has 9 heavy (non-hydrogen) atoms. The van der Waals surface area contributed by atoms with Crippen LogP contribution in [0.2, 0.25) is 0 Å². The van der Waals surface area contributed by atoms with Crippen LogP contribution in [-0.2, 0) is 4.79 Å². The van der Waals surface area contributed by atoms with Crippen LogP contribution in [0.1, 0.15) is 26.2 Å². The first-order valence-electron chi connectivity index (χ1n) is 3.05. The van der Waals surface area contributed by atoms with Gasteiger partial charge in [0.2, 0.25) is 0 Å². The van der Waals surface area contributed by atoms with Crippen LogP contribution in [0.4, 0.5) is 0 Å². The molecule has 0 fully saturated rings. The molecule has 0 aliphatic rings. The third kappa shape index (κ3) is 5.07. The molecule has 1 N–H and O–H groups in total. The van der Waals surface area contributed by atoms with Gasteiger partial charge in [0.1, 0.15) is 5.78 Å². The van der Waals surface area contributed by atoms with Crippen molar-refractivity contribution in [1.82, 2.24) is 0 Å². The molecule has 0 atom stereocenters. The highest BCUT2D eigenvalue weighted by molar-refractivity contribution is 5.80. The average Bonchev–Trinajstić information content (AvgIpc) is 1.63. The fraction of sp³-hybridized carbons (Fsp3) is 0.571. The van der Waals surface area contributed by atoms with Crippen molar-refractivity contribution in [2.45, 2.75) is 26.2 Å². The number of carbonyl (C=O) groups excluding carboxylic acids is 1. The van der Waals surface area contributed by atoms with Crippen molar-refractivity contribution in [2.75, 3.05) is 0 Å². The van der Waals surface area contributed by atoms with Crippen LogP contribution in [-0.4, -0.2) is 10.9 Å². The van der Waals surface area contributed by atoms with E-state index >= 15 is 0 Å². The van der Waals surface area contributed by atoms with E-state index in [9.17, 15) is 4.79 Å². The number of ketones is 1. The molecule has 0 rings (SSSR count). The zero-order valence-corrected chi connectivity index (χ0v) is 5.68. The molecule has 0 heterocycles. The second-order valence-electron chi connectivity index (χ2n) is 2.03. The molecular formula is C7H12O2. The van der Waals surface area contributed by atoms with Crippen LogP contribution in [0.5, 0.6) is 0 Å². The molecular weight excluding hydrogens is 116 g/mol. The number of Topliss-reactive ketones (excluding diaryl/α,β-unsaturated/α-hetero) is 1. The lowest BCUT2D eigenvalue weighted by atomic mass is 10.2. The second-order valence-corrected chi connectivity index (χ2v) is 2.03. The van der Waals surface area contributed by atoms with E-state index in [1.807, 2.05) is 6.92 Å². The molecule has 0 bridgehead atoms. The molecule has 0 aliphatic heterocycles. The summed E-state index contributed by atoms with van der Waals surface area (Å²) in [5.41, 5.74) is 0. The molecule has 52 valence electrons. The van der Waals surface area contributed by atoms with Crippen molar-refractivity contribution >= 4 is 5.78 Å². The number of aliphatic hydroxyl groups excluding tert-OH is 1. The van der Waals surface area contributed by atoms with E-state index in [4.69, 9.17) is 5.11 Å². The number of aliphatic hydroxyl groups is 1. The third-order valence-corrected chi connectivity index (χ3v) is 0.930. The first kappa shape index (κ1) is 8.21. The fourth-order valence-corrected chi connectivity index (χ4v) is 0.595. The molecule has 0 radical (unpaired) electrons. The molecule has 0 saturated carbocycles. The smallest absolute Gasteiger partial charge is 0.140 e. The van der Waals surface area contributed by atoms with E-state index in [2.05, 4.69) is 6.58 Å². The standard InChI is InChI=1S/C7H12O2/c1-3-4-7(9)5-6(2)8/h8H,2-5H2,1H3. The molecule has 0 spiro atoms. The molecule has 0 amide bonds. The molecule has 0 aliphatic carbocycles. The Morgan fingerprint density at radius 1 is 1.67 bits per heavy atom. The minimum absolute atomic E-state index is 0.0338. The van der Waals surface area contributed by atoms with Crippen LogP contribution in [0, 0.1) is 0 Å². The van der Waals surface area contributed by atoms with Crippen molar-refractivity contribution in [3.05, 3.63) is 12.3 Å². The summed E-state index contributed by atoms with van der Waals surface area (Å²) in [6.07, 6.45) is 1.50. The van der Waals surface area contributed by atoms with Gasteiger partial charge in [0.05, 0.1) is 12.2 Å². The Morgan fingerprint density at radius 3 is 2.56 bits per heavy atom. The summed E-state index contributed by atoms with van der Waals surface area (Å²) in [4.78, 5) is 10.6. The van der Waals surface area contributed by atoms with E-state index in [0.29, 0.717) is 6.42 Å². The molecule has 2 nitrogen and oxygen atoms in total. The Balaban J connectivity index is 3.39.